The van der Waals surface area contributed by atoms with Crippen LogP contribution in [0.2, 0.25) is 0 Å². The lowest BCUT2D eigenvalue weighted by Crippen LogP contribution is -2.47. The molecular formula is C30H56N+. The van der Waals surface area contributed by atoms with Crippen molar-refractivity contribution in [2.75, 3.05) is 14.1 Å². The number of unbranched alkanes of at least 4 members (excludes halogenated alkanes) is 15. The molecule has 1 aromatic carbocycles. The highest BCUT2D eigenvalue weighted by atomic mass is 15.3. The average molecular weight is 431 g/mol. The van der Waals surface area contributed by atoms with Gasteiger partial charge >= 0.3 is 0 Å². The summed E-state index contributed by atoms with van der Waals surface area (Å²) in [5, 5.41) is 0. The van der Waals surface area contributed by atoms with Crippen LogP contribution in [0.3, 0.4) is 0 Å². The molecular weight excluding hydrogens is 374 g/mol. The molecule has 0 saturated carbocycles. The molecule has 1 unspecified atom stereocenters. The van der Waals surface area contributed by atoms with Crippen molar-refractivity contribution in [3.05, 3.63) is 35.9 Å². The van der Waals surface area contributed by atoms with Crippen LogP contribution in [-0.4, -0.2) is 24.6 Å². The first-order valence-corrected chi connectivity index (χ1v) is 14.0. The Hall–Kier alpha value is -0.820. The van der Waals surface area contributed by atoms with E-state index in [4.69, 9.17) is 0 Å². The standard InChI is InChI=1S/C30H56N/c1-5-7-8-9-10-11-12-13-14-15-16-17-18-19-20-24-27-30(6-2)31(3,4)28-29-25-22-21-23-26-29/h21-23,25-26,30H,5-20,24,27-28H2,1-4H3/q+1. The summed E-state index contributed by atoms with van der Waals surface area (Å²) < 4.78 is 1.12. The fourth-order valence-electron chi connectivity index (χ4n) is 5.16. The molecule has 0 aliphatic heterocycles. The van der Waals surface area contributed by atoms with Gasteiger partial charge in [-0.3, -0.25) is 0 Å². The molecule has 1 rings (SSSR count). The minimum Gasteiger partial charge on any atom is -0.322 e. The van der Waals surface area contributed by atoms with Crippen LogP contribution in [-0.2, 0) is 6.54 Å². The van der Waals surface area contributed by atoms with Gasteiger partial charge in [-0.1, -0.05) is 140 Å². The van der Waals surface area contributed by atoms with Crippen molar-refractivity contribution in [1.82, 2.24) is 0 Å². The third-order valence-corrected chi connectivity index (χ3v) is 7.28. The van der Waals surface area contributed by atoms with E-state index in [9.17, 15) is 0 Å². The van der Waals surface area contributed by atoms with Gasteiger partial charge in [0, 0.05) is 5.56 Å². The van der Waals surface area contributed by atoms with E-state index in [1.165, 1.54) is 121 Å². The maximum atomic E-state index is 2.42. The van der Waals surface area contributed by atoms with Gasteiger partial charge in [-0.2, -0.15) is 0 Å². The molecule has 0 N–H and O–H groups in total. The topological polar surface area (TPSA) is 0 Å². The summed E-state index contributed by atoms with van der Waals surface area (Å²) in [5.74, 6) is 0. The third-order valence-electron chi connectivity index (χ3n) is 7.28. The van der Waals surface area contributed by atoms with Gasteiger partial charge in [0.15, 0.2) is 0 Å². The second kappa shape index (κ2) is 18.7. The molecule has 1 aromatic rings. The Morgan fingerprint density at radius 2 is 1.00 bits per heavy atom. The van der Waals surface area contributed by atoms with Crippen molar-refractivity contribution in [3.63, 3.8) is 0 Å². The van der Waals surface area contributed by atoms with Crippen molar-refractivity contribution < 1.29 is 4.48 Å². The Labute approximate surface area is 196 Å². The molecule has 180 valence electrons. The van der Waals surface area contributed by atoms with Gasteiger partial charge in [-0.15, -0.1) is 0 Å². The Balaban J connectivity index is 1.95. The van der Waals surface area contributed by atoms with Crippen molar-refractivity contribution in [2.24, 2.45) is 0 Å². The summed E-state index contributed by atoms with van der Waals surface area (Å²) in [6, 6.07) is 11.8. The molecule has 0 aromatic heterocycles. The molecule has 1 nitrogen and oxygen atoms in total. The van der Waals surface area contributed by atoms with E-state index < -0.39 is 0 Å². The lowest BCUT2D eigenvalue weighted by Gasteiger charge is -2.38. The molecule has 0 saturated heterocycles. The lowest BCUT2D eigenvalue weighted by molar-refractivity contribution is -0.928. The lowest BCUT2D eigenvalue weighted by atomic mass is 10.00. The van der Waals surface area contributed by atoms with Crippen molar-refractivity contribution in [3.8, 4) is 0 Å². The molecule has 0 bridgehead atoms. The highest BCUT2D eigenvalue weighted by Gasteiger charge is 2.26. The van der Waals surface area contributed by atoms with Gasteiger partial charge < -0.3 is 4.48 Å². The first-order valence-electron chi connectivity index (χ1n) is 14.0. The van der Waals surface area contributed by atoms with Gasteiger partial charge in [-0.25, -0.2) is 0 Å². The van der Waals surface area contributed by atoms with E-state index in [0.717, 1.165) is 17.1 Å². The van der Waals surface area contributed by atoms with Crippen molar-refractivity contribution in [1.29, 1.82) is 0 Å². The molecule has 0 heterocycles. The quantitative estimate of drug-likeness (QED) is 0.134. The summed E-state index contributed by atoms with van der Waals surface area (Å²) >= 11 is 0. The van der Waals surface area contributed by atoms with Gasteiger partial charge in [0.25, 0.3) is 0 Å². The van der Waals surface area contributed by atoms with Crippen molar-refractivity contribution in [2.45, 2.75) is 142 Å². The fourth-order valence-corrected chi connectivity index (χ4v) is 5.16. The third kappa shape index (κ3) is 14.8. The maximum absolute atomic E-state index is 2.42. The second-order valence-corrected chi connectivity index (χ2v) is 10.6. The first kappa shape index (κ1) is 28.2. The van der Waals surface area contributed by atoms with Gasteiger partial charge in [-0.05, 0) is 19.3 Å². The molecule has 0 aliphatic rings. The number of quaternary nitrogens is 1. The molecule has 31 heavy (non-hydrogen) atoms. The smallest absolute Gasteiger partial charge is 0.104 e. The number of rotatable bonds is 21. The van der Waals surface area contributed by atoms with Crippen LogP contribution in [0, 0.1) is 0 Å². The second-order valence-electron chi connectivity index (χ2n) is 10.6. The van der Waals surface area contributed by atoms with E-state index in [0.29, 0.717) is 0 Å². The van der Waals surface area contributed by atoms with Crippen LogP contribution >= 0.6 is 0 Å². The zero-order chi connectivity index (χ0) is 22.6. The monoisotopic (exact) mass is 430 g/mol. The Morgan fingerprint density at radius 1 is 0.581 bits per heavy atom. The predicted molar refractivity (Wildman–Crippen MR) is 140 cm³/mol. The highest BCUT2D eigenvalue weighted by molar-refractivity contribution is 5.13. The molecule has 0 fully saturated rings. The van der Waals surface area contributed by atoms with E-state index in [1.54, 1.807) is 0 Å². The maximum Gasteiger partial charge on any atom is 0.104 e. The molecule has 0 spiro atoms. The largest absolute Gasteiger partial charge is 0.322 e. The van der Waals surface area contributed by atoms with E-state index >= 15 is 0 Å². The number of nitrogens with zero attached hydrogens (tertiary/aromatic N) is 1. The fraction of sp³-hybridized carbons (Fsp3) is 0.800. The van der Waals surface area contributed by atoms with Gasteiger partial charge in [0.05, 0.1) is 20.1 Å². The normalized spacial score (nSPS) is 12.9. The van der Waals surface area contributed by atoms with Crippen LogP contribution in [0.1, 0.15) is 135 Å². The summed E-state index contributed by atoms with van der Waals surface area (Å²) in [7, 11) is 4.85. The first-order chi connectivity index (χ1) is 15.1. The molecule has 0 radical (unpaired) electrons. The molecule has 1 heteroatoms. The Kier molecular flexibility index (Phi) is 17.0. The van der Waals surface area contributed by atoms with E-state index in [1.807, 2.05) is 0 Å². The summed E-state index contributed by atoms with van der Waals surface area (Å²) in [4.78, 5) is 0. The highest BCUT2D eigenvalue weighted by Crippen LogP contribution is 2.22. The number of benzene rings is 1. The predicted octanol–water partition coefficient (Wildman–Crippen LogP) is 9.69. The van der Waals surface area contributed by atoms with Gasteiger partial charge in [0.1, 0.15) is 6.54 Å². The minimum atomic E-state index is 0.784. The van der Waals surface area contributed by atoms with E-state index in [-0.39, 0.29) is 0 Å². The number of hydrogen-bond donors (Lipinski definition) is 0. The number of hydrogen-bond acceptors (Lipinski definition) is 0. The molecule has 0 amide bonds. The average Bonchev–Trinajstić information content (AvgIpc) is 2.76. The molecule has 1 atom stereocenters. The van der Waals surface area contributed by atoms with Crippen LogP contribution in [0.25, 0.3) is 0 Å². The molecule has 0 aliphatic carbocycles. The van der Waals surface area contributed by atoms with Crippen LogP contribution in [0.4, 0.5) is 0 Å². The summed E-state index contributed by atoms with van der Waals surface area (Å²) in [6.45, 7) is 5.83. The minimum absolute atomic E-state index is 0.784. The SMILES string of the molecule is CCCCCCCCCCCCCCCCCCC(CC)[N+](C)(C)Cc1ccccc1. The summed E-state index contributed by atoms with van der Waals surface area (Å²) in [6.07, 6.45) is 25.9. The summed E-state index contributed by atoms with van der Waals surface area (Å²) in [5.41, 5.74) is 1.47. The zero-order valence-electron chi connectivity index (χ0n) is 21.8. The van der Waals surface area contributed by atoms with E-state index in [2.05, 4.69) is 58.3 Å². The van der Waals surface area contributed by atoms with Crippen molar-refractivity contribution >= 4 is 0 Å². The van der Waals surface area contributed by atoms with Crippen LogP contribution < -0.4 is 0 Å². The van der Waals surface area contributed by atoms with Gasteiger partial charge in [0.2, 0.25) is 0 Å². The zero-order valence-corrected chi connectivity index (χ0v) is 21.8. The van der Waals surface area contributed by atoms with Crippen LogP contribution in [0.5, 0.6) is 0 Å². The van der Waals surface area contributed by atoms with Crippen LogP contribution in [0.15, 0.2) is 30.3 Å². The Bertz CT molecular complexity index is 492. The Morgan fingerprint density at radius 3 is 1.42 bits per heavy atom.